The van der Waals surface area contributed by atoms with Gasteiger partial charge in [-0.2, -0.15) is 0 Å². The highest BCUT2D eigenvalue weighted by Crippen LogP contribution is 2.48. The Bertz CT molecular complexity index is 4020. The van der Waals surface area contributed by atoms with Crippen LogP contribution in [0.2, 0.25) is 0 Å². The summed E-state index contributed by atoms with van der Waals surface area (Å²) in [6.07, 6.45) is 5.19. The molecule has 5 heterocycles. The number of rotatable bonds is 2. The van der Waals surface area contributed by atoms with Gasteiger partial charge in [-0.05, 0) is 87.1 Å². The van der Waals surface area contributed by atoms with Crippen molar-refractivity contribution in [2.45, 2.75) is 19.3 Å². The third kappa shape index (κ3) is 4.09. The van der Waals surface area contributed by atoms with Crippen molar-refractivity contribution in [2.24, 2.45) is 0 Å². The van der Waals surface area contributed by atoms with Gasteiger partial charge < -0.3 is 13.3 Å². The predicted octanol–water partition coefficient (Wildman–Crippen LogP) is 14.8. The van der Waals surface area contributed by atoms with Crippen molar-refractivity contribution in [3.05, 3.63) is 157 Å². The Morgan fingerprint density at radius 3 is 2.05 bits per heavy atom. The zero-order chi connectivity index (χ0) is 38.5. The molecule has 0 amide bonds. The van der Waals surface area contributed by atoms with E-state index >= 15 is 0 Å². The molecule has 276 valence electrons. The Morgan fingerprint density at radius 1 is 0.542 bits per heavy atom. The summed E-state index contributed by atoms with van der Waals surface area (Å²) < 4.78 is 22.5. The Hall–Kier alpha value is -7.70. The molecular weight excluding hydrogens is 727 g/mol. The minimum atomic E-state index is 0.214. The molecule has 0 saturated heterocycles. The van der Waals surface area contributed by atoms with E-state index in [9.17, 15) is 0 Å². The lowest BCUT2D eigenvalue weighted by molar-refractivity contribution is 0.586. The molecule has 0 saturated carbocycles. The van der Waals surface area contributed by atoms with Gasteiger partial charge in [0.05, 0.1) is 5.52 Å². The molecule has 0 N–H and O–H groups in total. The quantitative estimate of drug-likeness (QED) is 0.176. The Labute approximate surface area is 335 Å². The normalized spacial score (nSPS) is 14.6. The van der Waals surface area contributed by atoms with E-state index in [-0.39, 0.29) is 5.92 Å². The number of allylic oxidation sites excluding steroid dienone is 1. The second-order valence-electron chi connectivity index (χ2n) is 16.0. The van der Waals surface area contributed by atoms with E-state index in [0.29, 0.717) is 11.5 Å². The molecule has 5 aromatic heterocycles. The number of benzene rings is 8. The summed E-state index contributed by atoms with van der Waals surface area (Å²) >= 11 is 0. The first kappa shape index (κ1) is 31.4. The number of aromatic nitrogens is 3. The van der Waals surface area contributed by atoms with Crippen molar-refractivity contribution >= 4 is 115 Å². The Balaban J connectivity index is 1.18. The molecule has 0 spiro atoms. The highest BCUT2D eigenvalue weighted by Gasteiger charge is 2.29. The lowest BCUT2D eigenvalue weighted by Crippen LogP contribution is -2.05. The molecule has 6 heteroatoms. The lowest BCUT2D eigenvalue weighted by atomic mass is 9.92. The van der Waals surface area contributed by atoms with Crippen LogP contribution in [0, 0.1) is 0 Å². The molecule has 0 aliphatic heterocycles. The van der Waals surface area contributed by atoms with Crippen LogP contribution in [0.25, 0.3) is 132 Å². The largest absolute Gasteiger partial charge is 0.456 e. The fourth-order valence-electron chi connectivity index (χ4n) is 10.2. The van der Waals surface area contributed by atoms with Crippen LogP contribution < -0.4 is 0 Å². The topological polar surface area (TPSA) is 70.1 Å². The van der Waals surface area contributed by atoms with Gasteiger partial charge in [-0.25, -0.2) is 9.97 Å². The molecular formula is C53H31N3O3. The first-order valence-electron chi connectivity index (χ1n) is 20.2. The van der Waals surface area contributed by atoms with Crippen LogP contribution >= 0.6 is 0 Å². The molecule has 6 nitrogen and oxygen atoms in total. The fraction of sp³-hybridized carbons (Fsp3) is 0.0566. The first-order chi connectivity index (χ1) is 29.2. The summed E-state index contributed by atoms with van der Waals surface area (Å²) in [6, 6.07) is 49.2. The number of para-hydroxylation sites is 1. The number of furan rings is 3. The van der Waals surface area contributed by atoms with Crippen LogP contribution in [0.1, 0.15) is 30.6 Å². The lowest BCUT2D eigenvalue weighted by Gasteiger charge is -2.13. The molecule has 59 heavy (non-hydrogen) atoms. The van der Waals surface area contributed by atoms with Gasteiger partial charge >= 0.3 is 0 Å². The van der Waals surface area contributed by atoms with Gasteiger partial charge in [-0.15, -0.1) is 0 Å². The second kappa shape index (κ2) is 11.2. The molecule has 1 unspecified atom stereocenters. The third-order valence-electron chi connectivity index (χ3n) is 12.8. The minimum absolute atomic E-state index is 0.214. The van der Waals surface area contributed by atoms with Gasteiger partial charge in [-0.3, -0.25) is 4.57 Å². The smallest absolute Gasteiger partial charge is 0.236 e. The molecule has 0 radical (unpaired) electrons. The van der Waals surface area contributed by atoms with Crippen LogP contribution in [0.4, 0.5) is 0 Å². The van der Waals surface area contributed by atoms with Gasteiger partial charge in [0.15, 0.2) is 11.2 Å². The zero-order valence-corrected chi connectivity index (χ0v) is 31.8. The summed E-state index contributed by atoms with van der Waals surface area (Å²) in [5, 5.41) is 13.5. The number of hydrogen-bond acceptors (Lipinski definition) is 5. The van der Waals surface area contributed by atoms with Gasteiger partial charge in [0.1, 0.15) is 39.2 Å². The summed E-state index contributed by atoms with van der Waals surface area (Å²) in [7, 11) is 0. The van der Waals surface area contributed by atoms with Crippen LogP contribution in [-0.2, 0) is 0 Å². The molecule has 8 aromatic carbocycles. The van der Waals surface area contributed by atoms with Crippen molar-refractivity contribution < 1.29 is 13.3 Å². The molecule has 0 bridgehead atoms. The van der Waals surface area contributed by atoms with Gasteiger partial charge in [0.25, 0.3) is 0 Å². The molecule has 1 aliphatic rings. The van der Waals surface area contributed by atoms with Crippen LogP contribution in [0.3, 0.4) is 0 Å². The Kier molecular flexibility index (Phi) is 5.98. The van der Waals surface area contributed by atoms with E-state index in [1.165, 1.54) is 16.2 Å². The summed E-state index contributed by atoms with van der Waals surface area (Å²) in [5.74, 6) is 1.62. The molecule has 1 aliphatic carbocycles. The van der Waals surface area contributed by atoms with E-state index in [0.717, 1.165) is 116 Å². The van der Waals surface area contributed by atoms with Gasteiger partial charge in [0, 0.05) is 43.4 Å². The minimum Gasteiger partial charge on any atom is -0.456 e. The monoisotopic (exact) mass is 757 g/mol. The van der Waals surface area contributed by atoms with E-state index in [2.05, 4.69) is 157 Å². The Morgan fingerprint density at radius 2 is 1.22 bits per heavy atom. The average molecular weight is 758 g/mol. The standard InChI is InChI=1S/C53H31N3O3/c1-28-11-10-20-41-43(28)49-52(59-41)48(31-23-25-40-37(27-31)44-32-14-4-2-13-30(32)22-26-42(44)57-40)54-53(55-49)56-38-24-21-29-12-3-5-15-33(29)46(38)47-35-17-7-6-16-34(35)45-36-18-8-9-19-39(36)58-51(45)50(47)56/h2-10,12-28H,11H2,1H3. The highest BCUT2D eigenvalue weighted by molar-refractivity contribution is 6.37. The molecule has 1 atom stereocenters. The highest BCUT2D eigenvalue weighted by atomic mass is 16.3. The van der Waals surface area contributed by atoms with Crippen molar-refractivity contribution in [2.75, 3.05) is 0 Å². The molecule has 0 fully saturated rings. The predicted molar refractivity (Wildman–Crippen MR) is 241 cm³/mol. The summed E-state index contributed by atoms with van der Waals surface area (Å²) in [4.78, 5) is 11.2. The van der Waals surface area contributed by atoms with Crippen LogP contribution in [-0.4, -0.2) is 14.5 Å². The van der Waals surface area contributed by atoms with E-state index in [4.69, 9.17) is 23.2 Å². The van der Waals surface area contributed by atoms with E-state index in [1.807, 2.05) is 6.07 Å². The summed E-state index contributed by atoms with van der Waals surface area (Å²) in [6.45, 7) is 2.25. The maximum Gasteiger partial charge on any atom is 0.236 e. The molecule has 13 aromatic rings. The summed E-state index contributed by atoms with van der Waals surface area (Å²) in [5.41, 5.74) is 9.57. The third-order valence-corrected chi connectivity index (χ3v) is 12.8. The van der Waals surface area contributed by atoms with Crippen LogP contribution in [0.15, 0.2) is 159 Å². The zero-order valence-electron chi connectivity index (χ0n) is 31.8. The first-order valence-corrected chi connectivity index (χ1v) is 20.2. The maximum absolute atomic E-state index is 6.97. The van der Waals surface area contributed by atoms with Crippen molar-refractivity contribution in [3.8, 4) is 17.2 Å². The number of fused-ring (bicyclic) bond motifs is 20. The number of hydrogen-bond donors (Lipinski definition) is 0. The van der Waals surface area contributed by atoms with Gasteiger partial charge in [-0.1, -0.05) is 116 Å². The SMILES string of the molecule is CC1CC=Cc2oc3c(-c4ccc5oc6ccc7ccccc7c6c5c4)nc(-n4c5ccc6ccccc6c5c5c6ccccc6c6c7ccccc7oc6c54)nc3c21. The van der Waals surface area contributed by atoms with E-state index < -0.39 is 0 Å². The average Bonchev–Trinajstić information content (AvgIpc) is 4.05. The van der Waals surface area contributed by atoms with Crippen LogP contribution in [0.5, 0.6) is 0 Å². The second-order valence-corrected chi connectivity index (χ2v) is 16.0. The van der Waals surface area contributed by atoms with Gasteiger partial charge in [0.2, 0.25) is 5.95 Å². The van der Waals surface area contributed by atoms with Crippen molar-refractivity contribution in [3.63, 3.8) is 0 Å². The van der Waals surface area contributed by atoms with Crippen molar-refractivity contribution in [1.82, 2.24) is 14.5 Å². The maximum atomic E-state index is 6.97. The number of nitrogens with zero attached hydrogens (tertiary/aromatic N) is 3. The van der Waals surface area contributed by atoms with E-state index in [1.54, 1.807) is 0 Å². The van der Waals surface area contributed by atoms with Crippen molar-refractivity contribution in [1.29, 1.82) is 0 Å². The fourth-order valence-corrected chi connectivity index (χ4v) is 10.2. The molecule has 14 rings (SSSR count).